The Bertz CT molecular complexity index is 461. The largest absolute Gasteiger partial charge is 0.468 e. The summed E-state index contributed by atoms with van der Waals surface area (Å²) in [5.41, 5.74) is 2.41. The fourth-order valence-corrected chi connectivity index (χ4v) is 2.59. The molecule has 1 heterocycles. The average molecular weight is 300 g/mol. The highest BCUT2D eigenvalue weighted by atomic mass is 79.9. The Hall–Kier alpha value is -0.730. The summed E-state index contributed by atoms with van der Waals surface area (Å²) in [5.74, 6) is 0.995. The predicted molar refractivity (Wildman–Crippen MR) is 70.3 cm³/mol. The number of aryl methyl sites for hydroxylation is 1. The number of hydrogen-bond acceptors (Lipinski definition) is 1. The summed E-state index contributed by atoms with van der Waals surface area (Å²) in [6.07, 6.45) is 2.62. The molecule has 1 aromatic carbocycles. The Morgan fingerprint density at radius 2 is 1.94 bits per heavy atom. The van der Waals surface area contributed by atoms with Gasteiger partial charge in [0.25, 0.3) is 0 Å². The number of benzene rings is 1. The second kappa shape index (κ2) is 5.07. The Morgan fingerprint density at radius 1 is 1.25 bits per heavy atom. The molecular formula is C13H12BrClO. The second-order valence-electron chi connectivity index (χ2n) is 3.77. The van der Waals surface area contributed by atoms with Crippen LogP contribution in [0.3, 0.4) is 0 Å². The van der Waals surface area contributed by atoms with E-state index in [1.807, 2.05) is 30.3 Å². The van der Waals surface area contributed by atoms with Gasteiger partial charge in [-0.05, 0) is 42.7 Å². The zero-order valence-electron chi connectivity index (χ0n) is 8.91. The molecule has 16 heavy (non-hydrogen) atoms. The zero-order valence-corrected chi connectivity index (χ0v) is 11.3. The molecule has 2 aromatic rings. The summed E-state index contributed by atoms with van der Waals surface area (Å²) < 4.78 is 5.45. The van der Waals surface area contributed by atoms with Crippen LogP contribution in [0.15, 0.2) is 41.0 Å². The average Bonchev–Trinajstić information content (AvgIpc) is 2.68. The fraction of sp³-hybridized carbons (Fsp3) is 0.231. The summed E-state index contributed by atoms with van der Waals surface area (Å²) in [6, 6.07) is 9.87. The van der Waals surface area contributed by atoms with Crippen molar-refractivity contribution in [3.8, 4) is 0 Å². The van der Waals surface area contributed by atoms with Gasteiger partial charge >= 0.3 is 0 Å². The summed E-state index contributed by atoms with van der Waals surface area (Å²) in [7, 11) is 0. The Labute approximate surface area is 109 Å². The van der Waals surface area contributed by atoms with Crippen LogP contribution in [0.2, 0.25) is 5.02 Å². The molecule has 0 bridgehead atoms. The highest BCUT2D eigenvalue weighted by Crippen LogP contribution is 2.30. The molecule has 1 atom stereocenters. The minimum atomic E-state index is 0.212. The molecule has 1 nitrogen and oxygen atoms in total. The molecule has 0 aliphatic heterocycles. The number of hydrogen-bond donors (Lipinski definition) is 0. The molecule has 0 radical (unpaired) electrons. The van der Waals surface area contributed by atoms with Crippen LogP contribution in [0, 0.1) is 6.92 Å². The van der Waals surface area contributed by atoms with Crippen molar-refractivity contribution >= 4 is 27.5 Å². The lowest BCUT2D eigenvalue weighted by atomic mass is 10.1. The lowest BCUT2D eigenvalue weighted by molar-refractivity contribution is 0.504. The molecule has 0 saturated heterocycles. The zero-order chi connectivity index (χ0) is 11.5. The monoisotopic (exact) mass is 298 g/mol. The van der Waals surface area contributed by atoms with E-state index >= 15 is 0 Å². The molecule has 2 rings (SSSR count). The summed E-state index contributed by atoms with van der Waals surface area (Å²) in [5, 5.41) is 0.768. The van der Waals surface area contributed by atoms with Crippen LogP contribution in [-0.4, -0.2) is 0 Å². The third-order valence-electron chi connectivity index (χ3n) is 2.51. The molecule has 0 aliphatic rings. The van der Waals surface area contributed by atoms with Crippen LogP contribution in [-0.2, 0) is 6.42 Å². The maximum absolute atomic E-state index is 5.84. The standard InChI is InChI=1S/C13H12BrClO/c1-9-6-7-16-13(9)12(14)8-10-2-4-11(15)5-3-10/h2-7,12H,8H2,1H3. The Balaban J connectivity index is 2.10. The van der Waals surface area contributed by atoms with E-state index < -0.39 is 0 Å². The van der Waals surface area contributed by atoms with E-state index in [0.717, 1.165) is 17.2 Å². The van der Waals surface area contributed by atoms with Gasteiger partial charge in [0.1, 0.15) is 5.76 Å². The van der Waals surface area contributed by atoms with E-state index in [2.05, 4.69) is 22.9 Å². The van der Waals surface area contributed by atoms with E-state index in [1.54, 1.807) is 6.26 Å². The van der Waals surface area contributed by atoms with Crippen LogP contribution in [0.25, 0.3) is 0 Å². The Kier molecular flexibility index (Phi) is 3.72. The van der Waals surface area contributed by atoms with Gasteiger partial charge in [-0.3, -0.25) is 0 Å². The van der Waals surface area contributed by atoms with E-state index in [4.69, 9.17) is 16.0 Å². The van der Waals surface area contributed by atoms with E-state index in [9.17, 15) is 0 Å². The molecule has 0 amide bonds. The van der Waals surface area contributed by atoms with Gasteiger partial charge in [0.15, 0.2) is 0 Å². The van der Waals surface area contributed by atoms with Crippen molar-refractivity contribution in [2.24, 2.45) is 0 Å². The predicted octanol–water partition coefficient (Wildman–Crippen LogP) is 4.92. The molecule has 1 aromatic heterocycles. The first-order valence-electron chi connectivity index (χ1n) is 5.09. The van der Waals surface area contributed by atoms with Gasteiger partial charge in [0.2, 0.25) is 0 Å². The molecular weight excluding hydrogens is 287 g/mol. The highest BCUT2D eigenvalue weighted by molar-refractivity contribution is 9.09. The van der Waals surface area contributed by atoms with Crippen molar-refractivity contribution in [1.29, 1.82) is 0 Å². The summed E-state index contributed by atoms with van der Waals surface area (Å²) >= 11 is 9.49. The van der Waals surface area contributed by atoms with E-state index in [1.165, 1.54) is 11.1 Å². The first-order chi connectivity index (χ1) is 7.66. The van der Waals surface area contributed by atoms with Crippen LogP contribution in [0.1, 0.15) is 21.7 Å². The SMILES string of the molecule is Cc1ccoc1C(Br)Cc1ccc(Cl)cc1. The van der Waals surface area contributed by atoms with E-state index in [-0.39, 0.29) is 4.83 Å². The van der Waals surface area contributed by atoms with Crippen molar-refractivity contribution in [2.45, 2.75) is 18.2 Å². The number of halogens is 2. The normalized spacial score (nSPS) is 12.7. The minimum absolute atomic E-state index is 0.212. The van der Waals surface area contributed by atoms with Crippen molar-refractivity contribution in [3.05, 3.63) is 58.5 Å². The van der Waals surface area contributed by atoms with Crippen LogP contribution in [0.5, 0.6) is 0 Å². The summed E-state index contributed by atoms with van der Waals surface area (Å²) in [6.45, 7) is 2.05. The highest BCUT2D eigenvalue weighted by Gasteiger charge is 2.14. The van der Waals surface area contributed by atoms with Crippen molar-refractivity contribution < 1.29 is 4.42 Å². The number of alkyl halides is 1. The van der Waals surface area contributed by atoms with Gasteiger partial charge in [-0.2, -0.15) is 0 Å². The van der Waals surface area contributed by atoms with Gasteiger partial charge in [0, 0.05) is 5.02 Å². The maximum atomic E-state index is 5.84. The lowest BCUT2D eigenvalue weighted by Gasteiger charge is -2.08. The first-order valence-corrected chi connectivity index (χ1v) is 6.38. The van der Waals surface area contributed by atoms with E-state index in [0.29, 0.717) is 0 Å². The van der Waals surface area contributed by atoms with Crippen LogP contribution in [0.4, 0.5) is 0 Å². The molecule has 0 fully saturated rings. The van der Waals surface area contributed by atoms with Gasteiger partial charge in [-0.25, -0.2) is 0 Å². The van der Waals surface area contributed by atoms with Gasteiger partial charge in [-0.15, -0.1) is 0 Å². The molecule has 0 saturated carbocycles. The molecule has 1 unspecified atom stereocenters. The molecule has 84 valence electrons. The van der Waals surface area contributed by atoms with Crippen molar-refractivity contribution in [1.82, 2.24) is 0 Å². The minimum Gasteiger partial charge on any atom is -0.468 e. The molecule has 0 aliphatic carbocycles. The quantitative estimate of drug-likeness (QED) is 0.733. The number of rotatable bonds is 3. The third-order valence-corrected chi connectivity index (χ3v) is 3.51. The first kappa shape index (κ1) is 11.7. The number of furan rings is 1. The third kappa shape index (κ3) is 2.69. The topological polar surface area (TPSA) is 13.1 Å². The van der Waals surface area contributed by atoms with Gasteiger partial charge < -0.3 is 4.42 Å². The smallest absolute Gasteiger partial charge is 0.120 e. The fourth-order valence-electron chi connectivity index (χ4n) is 1.63. The molecule has 0 N–H and O–H groups in total. The van der Waals surface area contributed by atoms with Gasteiger partial charge in [0.05, 0.1) is 11.1 Å². The second-order valence-corrected chi connectivity index (χ2v) is 5.31. The Morgan fingerprint density at radius 3 is 2.50 bits per heavy atom. The molecule has 0 spiro atoms. The van der Waals surface area contributed by atoms with Gasteiger partial charge in [-0.1, -0.05) is 39.7 Å². The van der Waals surface area contributed by atoms with Crippen LogP contribution >= 0.6 is 27.5 Å². The summed E-state index contributed by atoms with van der Waals surface area (Å²) in [4.78, 5) is 0.212. The maximum Gasteiger partial charge on any atom is 0.120 e. The van der Waals surface area contributed by atoms with Crippen molar-refractivity contribution in [3.63, 3.8) is 0 Å². The van der Waals surface area contributed by atoms with Crippen LogP contribution < -0.4 is 0 Å². The van der Waals surface area contributed by atoms with Crippen molar-refractivity contribution in [2.75, 3.05) is 0 Å². The lowest BCUT2D eigenvalue weighted by Crippen LogP contribution is -1.95. The molecule has 3 heteroatoms.